The van der Waals surface area contributed by atoms with Gasteiger partial charge in [-0.2, -0.15) is 0 Å². The highest BCUT2D eigenvalue weighted by Crippen LogP contribution is 2.43. The SMILES string of the molecule is c1ccc(N(c2ccccc2)c2ccc(N(c3ccc(-c4nc5ccccc5c5cc6c7ccccc7n(-c7ccccc7)c6cc45)cc3)c3ccc4ccccc4c3)cc2)cc1. The maximum Gasteiger partial charge on any atom is 0.0788 e. The second kappa shape index (κ2) is 15.2. The number of para-hydroxylation sites is 5. The average Bonchev–Trinajstić information content (AvgIpc) is 3.68. The normalized spacial score (nSPS) is 11.5. The van der Waals surface area contributed by atoms with E-state index in [2.05, 4.69) is 257 Å². The van der Waals surface area contributed by atoms with Gasteiger partial charge in [0.15, 0.2) is 0 Å². The van der Waals surface area contributed by atoms with Crippen LogP contribution in [0, 0.1) is 0 Å². The molecule has 0 aliphatic heterocycles. The molecular weight excluding hydrogens is 765 g/mol. The third kappa shape index (κ3) is 6.36. The summed E-state index contributed by atoms with van der Waals surface area (Å²) in [4.78, 5) is 10.1. The number of fused-ring (bicyclic) bond motifs is 7. The van der Waals surface area contributed by atoms with Crippen molar-refractivity contribution in [3.8, 4) is 16.9 Å². The lowest BCUT2D eigenvalue weighted by atomic mass is 9.97. The largest absolute Gasteiger partial charge is 0.311 e. The topological polar surface area (TPSA) is 24.3 Å². The van der Waals surface area contributed by atoms with Crippen LogP contribution in [0.1, 0.15) is 0 Å². The van der Waals surface area contributed by atoms with Crippen molar-refractivity contribution in [2.75, 3.05) is 9.80 Å². The number of aromatic nitrogens is 2. The molecule has 0 atom stereocenters. The molecule has 0 saturated carbocycles. The Bertz CT molecular complexity index is 3560. The Hall–Kier alpha value is -8.47. The Labute approximate surface area is 365 Å². The lowest BCUT2D eigenvalue weighted by Crippen LogP contribution is -2.12. The van der Waals surface area contributed by atoms with Gasteiger partial charge in [-0.1, -0.05) is 133 Å². The van der Waals surface area contributed by atoms with E-state index < -0.39 is 0 Å². The highest BCUT2D eigenvalue weighted by Gasteiger charge is 2.20. The van der Waals surface area contributed by atoms with Gasteiger partial charge in [-0.25, -0.2) is 4.98 Å². The second-order valence-corrected chi connectivity index (χ2v) is 16.0. The fraction of sp³-hybridized carbons (Fsp3) is 0. The summed E-state index contributed by atoms with van der Waals surface area (Å²) in [6.07, 6.45) is 0. The summed E-state index contributed by atoms with van der Waals surface area (Å²) < 4.78 is 2.39. The standard InChI is InChI=1S/C59H40N4/c1-4-18-44(19-5-1)61(45-20-6-2-7-21-45)48-34-36-49(37-35-48)62(50-33-28-41-16-10-11-17-43(41)38-50)47-31-29-42(30-32-47)59-55-40-58-54(39-53(55)51-24-12-14-26-56(51)60-59)52-25-13-15-27-57(52)63(58)46-22-8-3-9-23-46/h1-40H. The third-order valence-electron chi connectivity index (χ3n) is 12.3. The van der Waals surface area contributed by atoms with Gasteiger partial charge >= 0.3 is 0 Å². The Kier molecular flexibility index (Phi) is 8.79. The minimum absolute atomic E-state index is 0.963. The Balaban J connectivity index is 1.01. The van der Waals surface area contributed by atoms with Crippen LogP contribution in [-0.4, -0.2) is 9.55 Å². The van der Waals surface area contributed by atoms with Gasteiger partial charge in [-0.15, -0.1) is 0 Å². The number of anilines is 6. The van der Waals surface area contributed by atoms with E-state index in [4.69, 9.17) is 4.98 Å². The van der Waals surface area contributed by atoms with Crippen LogP contribution in [0.4, 0.5) is 34.1 Å². The highest BCUT2D eigenvalue weighted by molar-refractivity contribution is 6.20. The van der Waals surface area contributed by atoms with Crippen LogP contribution in [0.5, 0.6) is 0 Å². The van der Waals surface area contributed by atoms with Crippen LogP contribution < -0.4 is 9.80 Å². The summed E-state index contributed by atoms with van der Waals surface area (Å²) in [6.45, 7) is 0. The van der Waals surface area contributed by atoms with E-state index >= 15 is 0 Å². The summed E-state index contributed by atoms with van der Waals surface area (Å²) in [5.74, 6) is 0. The second-order valence-electron chi connectivity index (χ2n) is 16.0. The maximum atomic E-state index is 5.41. The Morgan fingerprint density at radius 1 is 0.302 bits per heavy atom. The van der Waals surface area contributed by atoms with Crippen molar-refractivity contribution in [2.24, 2.45) is 0 Å². The predicted molar refractivity (Wildman–Crippen MR) is 266 cm³/mol. The van der Waals surface area contributed by atoms with Crippen LogP contribution in [-0.2, 0) is 0 Å². The number of hydrogen-bond donors (Lipinski definition) is 0. The number of nitrogens with zero attached hydrogens (tertiary/aromatic N) is 4. The van der Waals surface area contributed by atoms with Crippen LogP contribution >= 0.6 is 0 Å². The van der Waals surface area contributed by atoms with Gasteiger partial charge in [-0.05, 0) is 125 Å². The first-order valence-electron chi connectivity index (χ1n) is 21.5. The fourth-order valence-electron chi connectivity index (χ4n) is 9.37. The molecule has 0 amide bonds. The van der Waals surface area contributed by atoms with Gasteiger partial charge in [0.2, 0.25) is 0 Å². The molecule has 63 heavy (non-hydrogen) atoms. The van der Waals surface area contributed by atoms with Crippen molar-refractivity contribution in [3.63, 3.8) is 0 Å². The number of benzene rings is 10. The van der Waals surface area contributed by atoms with E-state index in [0.717, 1.165) is 72.9 Å². The van der Waals surface area contributed by atoms with Crippen molar-refractivity contribution in [1.29, 1.82) is 0 Å². The highest BCUT2D eigenvalue weighted by atomic mass is 15.2. The number of rotatable bonds is 8. The minimum atomic E-state index is 0.963. The monoisotopic (exact) mass is 804 g/mol. The molecule has 0 spiro atoms. The Morgan fingerprint density at radius 3 is 1.49 bits per heavy atom. The van der Waals surface area contributed by atoms with E-state index in [1.165, 1.54) is 32.4 Å². The molecule has 0 aliphatic carbocycles. The first-order valence-corrected chi connectivity index (χ1v) is 21.5. The van der Waals surface area contributed by atoms with Crippen molar-refractivity contribution >= 4 is 88.4 Å². The first-order chi connectivity index (χ1) is 31.2. The fourth-order valence-corrected chi connectivity index (χ4v) is 9.37. The van der Waals surface area contributed by atoms with Gasteiger partial charge < -0.3 is 14.4 Å². The van der Waals surface area contributed by atoms with Crippen molar-refractivity contribution in [3.05, 3.63) is 243 Å². The molecule has 0 saturated heterocycles. The smallest absolute Gasteiger partial charge is 0.0788 e. The van der Waals surface area contributed by atoms with Crippen LogP contribution in [0.15, 0.2) is 243 Å². The molecule has 2 aromatic heterocycles. The van der Waals surface area contributed by atoms with Crippen LogP contribution in [0.2, 0.25) is 0 Å². The molecule has 0 bridgehead atoms. The molecule has 4 heteroatoms. The molecule has 0 radical (unpaired) electrons. The lowest BCUT2D eigenvalue weighted by molar-refractivity contribution is 1.18. The summed E-state index contributed by atoms with van der Waals surface area (Å²) in [5, 5.41) is 8.34. The van der Waals surface area contributed by atoms with Gasteiger partial charge in [0, 0.05) is 66.9 Å². The molecule has 2 heterocycles. The van der Waals surface area contributed by atoms with E-state index in [9.17, 15) is 0 Å². The van der Waals surface area contributed by atoms with Gasteiger partial charge in [0.05, 0.1) is 22.2 Å². The molecule has 4 nitrogen and oxygen atoms in total. The Morgan fingerprint density at radius 2 is 0.810 bits per heavy atom. The molecule has 0 N–H and O–H groups in total. The van der Waals surface area contributed by atoms with Gasteiger partial charge in [0.25, 0.3) is 0 Å². The van der Waals surface area contributed by atoms with E-state index in [-0.39, 0.29) is 0 Å². The van der Waals surface area contributed by atoms with Gasteiger partial charge in [-0.3, -0.25) is 0 Å². The summed E-state index contributed by atoms with van der Waals surface area (Å²) in [5.41, 5.74) is 13.0. The van der Waals surface area contributed by atoms with Crippen LogP contribution in [0.3, 0.4) is 0 Å². The predicted octanol–water partition coefficient (Wildman–Crippen LogP) is 16.2. The van der Waals surface area contributed by atoms with Crippen LogP contribution in [0.25, 0.3) is 71.2 Å². The zero-order valence-electron chi connectivity index (χ0n) is 34.4. The first kappa shape index (κ1) is 36.4. The summed E-state index contributed by atoms with van der Waals surface area (Å²) >= 11 is 0. The van der Waals surface area contributed by atoms with E-state index in [0.29, 0.717) is 0 Å². The molecular formula is C59H40N4. The molecule has 0 aliphatic rings. The zero-order chi connectivity index (χ0) is 41.7. The molecule has 10 aromatic carbocycles. The molecule has 12 aromatic rings. The number of hydrogen-bond acceptors (Lipinski definition) is 3. The maximum absolute atomic E-state index is 5.41. The molecule has 0 fully saturated rings. The van der Waals surface area contributed by atoms with E-state index in [1.54, 1.807) is 0 Å². The molecule has 0 unspecified atom stereocenters. The lowest BCUT2D eigenvalue weighted by Gasteiger charge is -2.28. The van der Waals surface area contributed by atoms with Crippen molar-refractivity contribution in [2.45, 2.75) is 0 Å². The summed E-state index contributed by atoms with van der Waals surface area (Å²) in [6, 6.07) is 86.9. The third-order valence-corrected chi connectivity index (χ3v) is 12.3. The number of pyridine rings is 1. The van der Waals surface area contributed by atoms with Gasteiger partial charge in [0.1, 0.15) is 0 Å². The van der Waals surface area contributed by atoms with E-state index in [1.807, 2.05) is 0 Å². The molecule has 296 valence electrons. The van der Waals surface area contributed by atoms with Crippen molar-refractivity contribution < 1.29 is 0 Å². The average molecular weight is 805 g/mol. The zero-order valence-corrected chi connectivity index (χ0v) is 34.4. The molecule has 12 rings (SSSR count). The van der Waals surface area contributed by atoms with Crippen molar-refractivity contribution in [1.82, 2.24) is 9.55 Å². The minimum Gasteiger partial charge on any atom is -0.311 e. The summed E-state index contributed by atoms with van der Waals surface area (Å²) in [7, 11) is 0. The quantitative estimate of drug-likeness (QED) is 0.143.